The Labute approximate surface area is 153 Å². The molecule has 5 nitrogen and oxygen atoms in total. The molecule has 0 radical (unpaired) electrons. The van der Waals surface area contributed by atoms with E-state index < -0.39 is 5.97 Å². The number of thioether (sulfide) groups is 1. The zero-order valence-electron chi connectivity index (χ0n) is 13.0. The summed E-state index contributed by atoms with van der Waals surface area (Å²) < 4.78 is 6.23. The summed E-state index contributed by atoms with van der Waals surface area (Å²) in [5.41, 5.74) is 0.963. The molecule has 1 saturated heterocycles. The zero-order valence-corrected chi connectivity index (χ0v) is 14.6. The Kier molecular flexibility index (Phi) is 4.87. The molecule has 2 heterocycles. The normalized spacial score (nSPS) is 15.8. The Morgan fingerprint density at radius 2 is 2.00 bits per heavy atom. The summed E-state index contributed by atoms with van der Waals surface area (Å²) in [4.78, 5) is 25.2. The third-order valence-corrected chi connectivity index (χ3v) is 4.88. The third-order valence-electron chi connectivity index (χ3n) is 3.50. The molecule has 0 saturated carbocycles. The maximum absolute atomic E-state index is 12.3. The van der Waals surface area contributed by atoms with Gasteiger partial charge >= 0.3 is 5.97 Å². The van der Waals surface area contributed by atoms with E-state index in [-0.39, 0.29) is 11.5 Å². The lowest BCUT2D eigenvalue weighted by Gasteiger charge is -2.10. The first-order chi connectivity index (χ1) is 12.0. The van der Waals surface area contributed by atoms with Crippen LogP contribution in [-0.2, 0) is 4.79 Å². The summed E-state index contributed by atoms with van der Waals surface area (Å²) in [6.07, 6.45) is 3.27. The van der Waals surface area contributed by atoms with Gasteiger partial charge in [-0.3, -0.25) is 9.69 Å². The molecule has 1 amide bonds. The predicted molar refractivity (Wildman–Crippen MR) is 101 cm³/mol. The van der Waals surface area contributed by atoms with Crippen LogP contribution in [0.25, 0.3) is 17.4 Å². The van der Waals surface area contributed by atoms with Crippen LogP contribution in [0.2, 0.25) is 0 Å². The lowest BCUT2D eigenvalue weighted by atomic mass is 10.1. The van der Waals surface area contributed by atoms with E-state index in [4.69, 9.17) is 21.7 Å². The Morgan fingerprint density at radius 1 is 1.28 bits per heavy atom. The van der Waals surface area contributed by atoms with Crippen LogP contribution >= 0.6 is 24.0 Å². The number of nitrogens with zero attached hydrogens (tertiary/aromatic N) is 1. The van der Waals surface area contributed by atoms with Crippen LogP contribution in [0.4, 0.5) is 0 Å². The number of carbonyl (C=O) groups excluding carboxylic acids is 1. The van der Waals surface area contributed by atoms with Gasteiger partial charge in [0.25, 0.3) is 5.91 Å². The van der Waals surface area contributed by atoms with Gasteiger partial charge in [-0.15, -0.1) is 6.58 Å². The smallest absolute Gasteiger partial charge is 0.335 e. The molecule has 1 fully saturated rings. The summed E-state index contributed by atoms with van der Waals surface area (Å²) in [6, 6.07) is 9.90. The highest BCUT2D eigenvalue weighted by atomic mass is 32.2. The fraction of sp³-hybridized carbons (Fsp3) is 0.0556. The topological polar surface area (TPSA) is 70.8 Å². The van der Waals surface area contributed by atoms with E-state index in [1.807, 2.05) is 0 Å². The van der Waals surface area contributed by atoms with Crippen molar-refractivity contribution in [1.29, 1.82) is 0 Å². The molecular weight excluding hydrogens is 358 g/mol. The van der Waals surface area contributed by atoms with Gasteiger partial charge in [0.15, 0.2) is 0 Å². The number of hydrogen-bond acceptors (Lipinski definition) is 5. The Morgan fingerprint density at radius 3 is 2.64 bits per heavy atom. The van der Waals surface area contributed by atoms with E-state index in [0.717, 1.165) is 5.56 Å². The minimum Gasteiger partial charge on any atom is -0.478 e. The van der Waals surface area contributed by atoms with Gasteiger partial charge in [-0.2, -0.15) is 0 Å². The second-order valence-electron chi connectivity index (χ2n) is 5.17. The van der Waals surface area contributed by atoms with Crippen LogP contribution in [0.5, 0.6) is 0 Å². The molecule has 0 bridgehead atoms. The zero-order chi connectivity index (χ0) is 18.0. The summed E-state index contributed by atoms with van der Waals surface area (Å²) in [5, 5.41) is 8.93. The summed E-state index contributed by atoms with van der Waals surface area (Å²) in [5.74, 6) is -0.0342. The number of thiocarbonyl (C=S) groups is 1. The summed E-state index contributed by atoms with van der Waals surface area (Å²) in [6.45, 7) is 3.99. The highest BCUT2D eigenvalue weighted by Crippen LogP contribution is 2.33. The second-order valence-corrected chi connectivity index (χ2v) is 6.84. The molecule has 0 unspecified atom stereocenters. The average molecular weight is 371 g/mol. The molecule has 2 aromatic rings. The maximum atomic E-state index is 12.3. The fourth-order valence-electron chi connectivity index (χ4n) is 2.28. The second kappa shape index (κ2) is 7.08. The van der Waals surface area contributed by atoms with Crippen molar-refractivity contribution in [3.8, 4) is 11.3 Å². The van der Waals surface area contributed by atoms with Crippen molar-refractivity contribution in [1.82, 2.24) is 4.90 Å². The van der Waals surface area contributed by atoms with Crippen molar-refractivity contribution in [2.24, 2.45) is 0 Å². The van der Waals surface area contributed by atoms with Crippen molar-refractivity contribution in [3.63, 3.8) is 0 Å². The van der Waals surface area contributed by atoms with Crippen LogP contribution in [0, 0.1) is 0 Å². The standard InChI is InChI=1S/C18H13NO4S2/c1-2-9-19-16(20)15(25-18(19)24)10-13-7-8-14(23-13)11-3-5-12(6-4-11)17(21)22/h2-8,10H,1,9H2,(H,21,22)/b15-10+. The fourth-order valence-corrected chi connectivity index (χ4v) is 3.53. The number of hydrogen-bond donors (Lipinski definition) is 1. The minimum absolute atomic E-state index is 0.168. The van der Waals surface area contributed by atoms with Gasteiger partial charge in [-0.25, -0.2) is 4.79 Å². The lowest BCUT2D eigenvalue weighted by Crippen LogP contribution is -2.27. The van der Waals surface area contributed by atoms with Gasteiger partial charge < -0.3 is 9.52 Å². The first-order valence-corrected chi connectivity index (χ1v) is 8.52. The van der Waals surface area contributed by atoms with Crippen molar-refractivity contribution in [2.45, 2.75) is 0 Å². The summed E-state index contributed by atoms with van der Waals surface area (Å²) >= 11 is 6.41. The largest absolute Gasteiger partial charge is 0.478 e. The number of amides is 1. The Balaban J connectivity index is 1.82. The van der Waals surface area contributed by atoms with Crippen LogP contribution < -0.4 is 0 Å². The van der Waals surface area contributed by atoms with E-state index in [1.54, 1.807) is 36.4 Å². The first-order valence-electron chi connectivity index (χ1n) is 7.29. The molecule has 25 heavy (non-hydrogen) atoms. The van der Waals surface area contributed by atoms with Crippen molar-refractivity contribution in [2.75, 3.05) is 6.54 Å². The molecule has 1 aromatic carbocycles. The van der Waals surface area contributed by atoms with Gasteiger partial charge in [0.2, 0.25) is 0 Å². The van der Waals surface area contributed by atoms with E-state index in [9.17, 15) is 9.59 Å². The predicted octanol–water partition coefficient (Wildman–Crippen LogP) is 4.03. The third kappa shape index (κ3) is 3.57. The Bertz CT molecular complexity index is 896. The van der Waals surface area contributed by atoms with Gasteiger partial charge in [0.1, 0.15) is 15.8 Å². The molecule has 1 aliphatic rings. The van der Waals surface area contributed by atoms with Crippen LogP contribution in [0.3, 0.4) is 0 Å². The van der Waals surface area contributed by atoms with E-state index >= 15 is 0 Å². The van der Waals surface area contributed by atoms with Gasteiger partial charge in [-0.05, 0) is 24.3 Å². The highest BCUT2D eigenvalue weighted by molar-refractivity contribution is 8.26. The van der Waals surface area contributed by atoms with Crippen LogP contribution in [0.1, 0.15) is 16.1 Å². The number of carboxylic acids is 1. The van der Waals surface area contributed by atoms with E-state index in [2.05, 4.69) is 6.58 Å². The van der Waals surface area contributed by atoms with Crippen molar-refractivity contribution >= 4 is 46.3 Å². The van der Waals surface area contributed by atoms with Gasteiger partial charge in [0, 0.05) is 18.2 Å². The number of furan rings is 1. The maximum Gasteiger partial charge on any atom is 0.335 e. The molecular formula is C18H13NO4S2. The molecule has 126 valence electrons. The number of rotatable bonds is 5. The monoisotopic (exact) mass is 371 g/mol. The number of benzene rings is 1. The van der Waals surface area contributed by atoms with Crippen molar-refractivity contribution < 1.29 is 19.1 Å². The molecule has 1 N–H and O–H groups in total. The molecule has 3 rings (SSSR count). The molecule has 7 heteroatoms. The van der Waals surface area contributed by atoms with Crippen LogP contribution in [0.15, 0.2) is 58.4 Å². The number of carbonyl (C=O) groups is 2. The quantitative estimate of drug-likeness (QED) is 0.486. The van der Waals surface area contributed by atoms with Crippen LogP contribution in [-0.4, -0.2) is 32.7 Å². The molecule has 0 spiro atoms. The summed E-state index contributed by atoms with van der Waals surface area (Å²) in [7, 11) is 0. The van der Waals surface area contributed by atoms with Gasteiger partial charge in [0.05, 0.1) is 10.5 Å². The minimum atomic E-state index is -0.978. The molecule has 0 atom stereocenters. The SMILES string of the molecule is C=CCN1C(=O)/C(=C\c2ccc(-c3ccc(C(=O)O)cc3)o2)SC1=S. The number of aromatic carboxylic acids is 1. The molecule has 0 aliphatic carbocycles. The van der Waals surface area contributed by atoms with E-state index in [0.29, 0.717) is 27.3 Å². The highest BCUT2D eigenvalue weighted by Gasteiger charge is 2.31. The average Bonchev–Trinajstić information content (AvgIpc) is 3.16. The Hall–Kier alpha value is -2.64. The first kappa shape index (κ1) is 17.2. The molecule has 1 aromatic heterocycles. The molecule has 1 aliphatic heterocycles. The number of carboxylic acid groups (broad SMARTS) is 1. The lowest BCUT2D eigenvalue weighted by molar-refractivity contribution is -0.121. The van der Waals surface area contributed by atoms with Gasteiger partial charge in [-0.1, -0.05) is 42.2 Å². The van der Waals surface area contributed by atoms with E-state index in [1.165, 1.54) is 28.8 Å². The van der Waals surface area contributed by atoms with Crippen molar-refractivity contribution in [3.05, 3.63) is 65.3 Å².